The first-order valence-electron chi connectivity index (χ1n) is 6.97. The first-order chi connectivity index (χ1) is 10.5. The summed E-state index contributed by atoms with van der Waals surface area (Å²) in [4.78, 5) is 13.5. The van der Waals surface area contributed by atoms with Crippen LogP contribution in [0.2, 0.25) is 0 Å². The summed E-state index contributed by atoms with van der Waals surface area (Å²) in [5.41, 5.74) is 0. The van der Waals surface area contributed by atoms with Crippen LogP contribution in [-0.2, 0) is 14.8 Å². The molecule has 1 heterocycles. The predicted molar refractivity (Wildman–Crippen MR) is 80.5 cm³/mol. The van der Waals surface area contributed by atoms with E-state index in [1.54, 1.807) is 11.0 Å². The molecule has 1 aliphatic heterocycles. The Morgan fingerprint density at radius 1 is 1.23 bits per heavy atom. The third-order valence-electron chi connectivity index (χ3n) is 3.53. The number of nitrogens with zero attached hydrogens (tertiary/aromatic N) is 1. The van der Waals surface area contributed by atoms with Gasteiger partial charge in [0.25, 0.3) is 0 Å². The molecule has 122 valence electrons. The minimum Gasteiger partial charge on any atom is -0.497 e. The second-order valence-corrected chi connectivity index (χ2v) is 6.66. The monoisotopic (exact) mass is 328 g/mol. The van der Waals surface area contributed by atoms with Gasteiger partial charge in [0.15, 0.2) is 0 Å². The second kappa shape index (κ2) is 6.97. The van der Waals surface area contributed by atoms with E-state index in [0.29, 0.717) is 18.8 Å². The number of carbonyl (C=O) groups excluding carboxylic acids is 1. The van der Waals surface area contributed by atoms with E-state index < -0.39 is 10.0 Å². The van der Waals surface area contributed by atoms with E-state index in [2.05, 4.69) is 4.72 Å². The Balaban J connectivity index is 2.14. The molecular weight excluding hydrogens is 308 g/mol. The van der Waals surface area contributed by atoms with Gasteiger partial charge >= 0.3 is 0 Å². The molecule has 0 atom stereocenters. The molecule has 0 saturated carbocycles. The zero-order chi connectivity index (χ0) is 16.2. The van der Waals surface area contributed by atoms with Gasteiger partial charge in [-0.2, -0.15) is 0 Å². The van der Waals surface area contributed by atoms with Gasteiger partial charge in [-0.05, 0) is 25.0 Å². The van der Waals surface area contributed by atoms with Gasteiger partial charge in [0.2, 0.25) is 15.9 Å². The molecule has 7 nitrogen and oxygen atoms in total. The normalized spacial score (nSPS) is 14.9. The number of sulfonamides is 1. The van der Waals surface area contributed by atoms with Crippen molar-refractivity contribution in [1.82, 2.24) is 9.62 Å². The first kappa shape index (κ1) is 16.6. The van der Waals surface area contributed by atoms with Crippen LogP contribution in [0.15, 0.2) is 23.1 Å². The maximum absolute atomic E-state index is 12.4. The predicted octanol–water partition coefficient (Wildman–Crippen LogP) is 0.604. The van der Waals surface area contributed by atoms with Crippen molar-refractivity contribution in [1.29, 1.82) is 0 Å². The van der Waals surface area contributed by atoms with Crippen molar-refractivity contribution < 1.29 is 22.7 Å². The third kappa shape index (κ3) is 3.69. The van der Waals surface area contributed by atoms with Crippen LogP contribution in [0.1, 0.15) is 12.8 Å². The van der Waals surface area contributed by atoms with Crippen molar-refractivity contribution in [2.24, 2.45) is 0 Å². The van der Waals surface area contributed by atoms with Gasteiger partial charge in [-0.15, -0.1) is 0 Å². The fraction of sp³-hybridized carbons (Fsp3) is 0.500. The van der Waals surface area contributed by atoms with Crippen LogP contribution in [0.3, 0.4) is 0 Å². The van der Waals surface area contributed by atoms with E-state index in [1.807, 2.05) is 0 Å². The Morgan fingerprint density at radius 2 is 1.91 bits per heavy atom. The van der Waals surface area contributed by atoms with Crippen LogP contribution in [0.4, 0.5) is 0 Å². The Labute approximate surface area is 130 Å². The Hall–Kier alpha value is -1.80. The van der Waals surface area contributed by atoms with Crippen LogP contribution in [0.25, 0.3) is 0 Å². The van der Waals surface area contributed by atoms with Crippen LogP contribution in [0.5, 0.6) is 11.5 Å². The number of hydrogen-bond donors (Lipinski definition) is 1. The van der Waals surface area contributed by atoms with Crippen molar-refractivity contribution in [3.63, 3.8) is 0 Å². The van der Waals surface area contributed by atoms with Crippen LogP contribution < -0.4 is 14.2 Å². The number of methoxy groups -OCH3 is 2. The molecule has 1 fully saturated rings. The van der Waals surface area contributed by atoms with E-state index in [1.165, 1.54) is 26.4 Å². The Bertz CT molecular complexity index is 639. The van der Waals surface area contributed by atoms with E-state index in [-0.39, 0.29) is 23.1 Å². The maximum Gasteiger partial charge on any atom is 0.244 e. The summed E-state index contributed by atoms with van der Waals surface area (Å²) in [6, 6.07) is 4.48. The Kier molecular flexibility index (Phi) is 5.25. The number of ether oxygens (including phenoxy) is 2. The van der Waals surface area contributed by atoms with Gasteiger partial charge < -0.3 is 14.4 Å². The van der Waals surface area contributed by atoms with Gasteiger partial charge in [0.1, 0.15) is 16.4 Å². The highest BCUT2D eigenvalue weighted by atomic mass is 32.2. The fourth-order valence-corrected chi connectivity index (χ4v) is 3.46. The summed E-state index contributed by atoms with van der Waals surface area (Å²) in [5.74, 6) is 0.372. The molecule has 8 heteroatoms. The van der Waals surface area contributed by atoms with Crippen molar-refractivity contribution in [2.75, 3.05) is 33.9 Å². The van der Waals surface area contributed by atoms with Crippen LogP contribution in [-0.4, -0.2) is 53.1 Å². The molecule has 1 aliphatic rings. The van der Waals surface area contributed by atoms with Crippen LogP contribution in [0, 0.1) is 0 Å². The van der Waals surface area contributed by atoms with Gasteiger partial charge in [0, 0.05) is 19.2 Å². The molecule has 0 radical (unpaired) electrons. The standard InChI is InChI=1S/C14H20N2O5S/c1-20-11-5-6-12(21-2)13(9-11)22(18,19)15-10-14(17)16-7-3-4-8-16/h5-6,9,15H,3-4,7-8,10H2,1-2H3. The lowest BCUT2D eigenvalue weighted by atomic mass is 10.3. The summed E-state index contributed by atoms with van der Waals surface area (Å²) in [6.45, 7) is 1.11. The van der Waals surface area contributed by atoms with Crippen LogP contribution >= 0.6 is 0 Å². The smallest absolute Gasteiger partial charge is 0.244 e. The zero-order valence-electron chi connectivity index (χ0n) is 12.7. The van der Waals surface area contributed by atoms with Crippen molar-refractivity contribution >= 4 is 15.9 Å². The highest BCUT2D eigenvalue weighted by Crippen LogP contribution is 2.27. The number of amides is 1. The maximum atomic E-state index is 12.4. The van der Waals surface area contributed by atoms with Crippen molar-refractivity contribution in [2.45, 2.75) is 17.7 Å². The molecular formula is C14H20N2O5S. The number of likely N-dealkylation sites (tertiary alicyclic amines) is 1. The summed E-state index contributed by atoms with van der Waals surface area (Å²) >= 11 is 0. The lowest BCUT2D eigenvalue weighted by Gasteiger charge is -2.16. The van der Waals surface area contributed by atoms with Gasteiger partial charge in [-0.25, -0.2) is 13.1 Å². The molecule has 1 N–H and O–H groups in total. The fourth-order valence-electron chi connectivity index (χ4n) is 2.31. The summed E-state index contributed by atoms with van der Waals surface area (Å²) in [6.07, 6.45) is 1.92. The third-order valence-corrected chi connectivity index (χ3v) is 4.95. The van der Waals surface area contributed by atoms with Gasteiger partial charge in [-0.3, -0.25) is 4.79 Å². The molecule has 0 unspecified atom stereocenters. The molecule has 1 aromatic carbocycles. The lowest BCUT2D eigenvalue weighted by molar-refractivity contribution is -0.128. The second-order valence-electron chi connectivity index (χ2n) is 4.93. The number of hydrogen-bond acceptors (Lipinski definition) is 5. The lowest BCUT2D eigenvalue weighted by Crippen LogP contribution is -2.38. The SMILES string of the molecule is COc1ccc(OC)c(S(=O)(=O)NCC(=O)N2CCCC2)c1. The molecule has 1 amide bonds. The van der Waals surface area contributed by atoms with Crippen molar-refractivity contribution in [3.8, 4) is 11.5 Å². The quantitative estimate of drug-likeness (QED) is 0.827. The number of benzene rings is 1. The molecule has 0 aromatic heterocycles. The molecule has 0 aliphatic carbocycles. The zero-order valence-corrected chi connectivity index (χ0v) is 13.5. The molecule has 0 spiro atoms. The molecule has 2 rings (SSSR count). The van der Waals surface area contributed by atoms with E-state index in [0.717, 1.165) is 12.8 Å². The van der Waals surface area contributed by atoms with E-state index in [4.69, 9.17) is 9.47 Å². The van der Waals surface area contributed by atoms with Gasteiger partial charge in [0.05, 0.1) is 20.8 Å². The highest BCUT2D eigenvalue weighted by Gasteiger charge is 2.24. The van der Waals surface area contributed by atoms with E-state index in [9.17, 15) is 13.2 Å². The topological polar surface area (TPSA) is 84.9 Å². The average molecular weight is 328 g/mol. The number of rotatable bonds is 6. The summed E-state index contributed by atoms with van der Waals surface area (Å²) < 4.78 is 37.2. The summed E-state index contributed by atoms with van der Waals surface area (Å²) in [5, 5.41) is 0. The average Bonchev–Trinajstić information content (AvgIpc) is 3.06. The Morgan fingerprint density at radius 3 is 2.50 bits per heavy atom. The van der Waals surface area contributed by atoms with Gasteiger partial charge in [-0.1, -0.05) is 0 Å². The molecule has 0 bridgehead atoms. The largest absolute Gasteiger partial charge is 0.497 e. The first-order valence-corrected chi connectivity index (χ1v) is 8.45. The number of nitrogens with one attached hydrogen (secondary N) is 1. The minimum absolute atomic E-state index is 0.0522. The van der Waals surface area contributed by atoms with Crippen molar-refractivity contribution in [3.05, 3.63) is 18.2 Å². The molecule has 22 heavy (non-hydrogen) atoms. The highest BCUT2D eigenvalue weighted by molar-refractivity contribution is 7.89. The number of carbonyl (C=O) groups is 1. The molecule has 1 saturated heterocycles. The molecule has 1 aromatic rings. The minimum atomic E-state index is -3.86. The summed E-state index contributed by atoms with van der Waals surface area (Å²) in [7, 11) is -1.03. The van der Waals surface area contributed by atoms with E-state index >= 15 is 0 Å².